The number of aryl methyl sites for hydroxylation is 1. The van der Waals surface area contributed by atoms with Crippen molar-refractivity contribution in [1.29, 1.82) is 0 Å². The number of nitro benzene ring substituents is 1. The molecule has 0 saturated carbocycles. The summed E-state index contributed by atoms with van der Waals surface area (Å²) in [5, 5.41) is 20.2. The van der Waals surface area contributed by atoms with Crippen molar-refractivity contribution in [2.45, 2.75) is 6.92 Å². The molecule has 0 fully saturated rings. The van der Waals surface area contributed by atoms with Gasteiger partial charge in [-0.2, -0.15) is 0 Å². The monoisotopic (exact) mass is 307 g/mol. The largest absolute Gasteiger partial charge is 0.478 e. The molecule has 0 spiro atoms. The summed E-state index contributed by atoms with van der Waals surface area (Å²) < 4.78 is 5.42. The molecule has 2 rings (SSSR count). The molecule has 7 heteroatoms. The zero-order valence-electron chi connectivity index (χ0n) is 10.9. The first-order valence-electron chi connectivity index (χ1n) is 5.85. The van der Waals surface area contributed by atoms with Crippen LogP contribution in [0.2, 0.25) is 5.02 Å². The molecule has 0 aliphatic heterocycles. The summed E-state index contributed by atoms with van der Waals surface area (Å²) >= 11 is 5.92. The molecule has 2 aromatic carbocycles. The Balaban J connectivity index is 2.55. The second-order valence-electron chi connectivity index (χ2n) is 4.25. The fourth-order valence-corrected chi connectivity index (χ4v) is 1.95. The Morgan fingerprint density at radius 2 is 2.05 bits per heavy atom. The molecule has 0 aliphatic carbocycles. The maximum absolute atomic E-state index is 11.2. The van der Waals surface area contributed by atoms with E-state index in [0.717, 1.165) is 5.56 Å². The number of rotatable bonds is 4. The number of hydrogen-bond acceptors (Lipinski definition) is 4. The van der Waals surface area contributed by atoms with Crippen molar-refractivity contribution in [3.05, 3.63) is 62.7 Å². The van der Waals surface area contributed by atoms with Crippen LogP contribution in [-0.2, 0) is 0 Å². The van der Waals surface area contributed by atoms with Gasteiger partial charge in [-0.3, -0.25) is 10.1 Å². The Bertz CT molecular complexity index is 729. The van der Waals surface area contributed by atoms with Crippen LogP contribution in [-0.4, -0.2) is 16.0 Å². The number of nitro groups is 1. The zero-order chi connectivity index (χ0) is 15.6. The van der Waals surface area contributed by atoms with Gasteiger partial charge in [-0.25, -0.2) is 4.79 Å². The Morgan fingerprint density at radius 1 is 1.33 bits per heavy atom. The van der Waals surface area contributed by atoms with Gasteiger partial charge in [-0.15, -0.1) is 0 Å². The highest BCUT2D eigenvalue weighted by atomic mass is 35.5. The van der Waals surface area contributed by atoms with E-state index in [4.69, 9.17) is 21.4 Å². The van der Waals surface area contributed by atoms with Gasteiger partial charge < -0.3 is 9.84 Å². The summed E-state index contributed by atoms with van der Waals surface area (Å²) in [4.78, 5) is 21.5. The van der Waals surface area contributed by atoms with E-state index in [1.807, 2.05) is 0 Å². The first-order valence-corrected chi connectivity index (χ1v) is 6.22. The second-order valence-corrected chi connectivity index (χ2v) is 4.66. The van der Waals surface area contributed by atoms with Crippen LogP contribution in [0, 0.1) is 17.0 Å². The van der Waals surface area contributed by atoms with Crippen molar-refractivity contribution in [3.63, 3.8) is 0 Å². The van der Waals surface area contributed by atoms with Crippen LogP contribution in [0.4, 0.5) is 5.69 Å². The van der Waals surface area contributed by atoms with Gasteiger partial charge in [0.1, 0.15) is 11.3 Å². The molecule has 0 bridgehead atoms. The van der Waals surface area contributed by atoms with Gasteiger partial charge in [0.25, 0.3) is 0 Å². The van der Waals surface area contributed by atoms with Gasteiger partial charge in [0.2, 0.25) is 5.75 Å². The maximum Gasteiger partial charge on any atom is 0.339 e. The normalized spacial score (nSPS) is 10.2. The second kappa shape index (κ2) is 5.80. The Hall–Kier alpha value is -2.60. The molecule has 0 unspecified atom stereocenters. The van der Waals surface area contributed by atoms with Crippen LogP contribution in [0.5, 0.6) is 11.5 Å². The van der Waals surface area contributed by atoms with Gasteiger partial charge in [0.05, 0.1) is 9.95 Å². The van der Waals surface area contributed by atoms with Crippen LogP contribution in [0.3, 0.4) is 0 Å². The Kier molecular flexibility index (Phi) is 4.09. The lowest BCUT2D eigenvalue weighted by atomic mass is 10.1. The molecule has 1 N–H and O–H groups in total. The van der Waals surface area contributed by atoms with Crippen molar-refractivity contribution in [2.24, 2.45) is 0 Å². The van der Waals surface area contributed by atoms with Crippen molar-refractivity contribution in [3.8, 4) is 11.5 Å². The lowest BCUT2D eigenvalue weighted by Crippen LogP contribution is -2.02. The molecule has 21 heavy (non-hydrogen) atoms. The van der Waals surface area contributed by atoms with Gasteiger partial charge in [-0.05, 0) is 30.7 Å². The fourth-order valence-electron chi connectivity index (χ4n) is 1.74. The van der Waals surface area contributed by atoms with Gasteiger partial charge in [-0.1, -0.05) is 23.7 Å². The number of halogens is 1. The Morgan fingerprint density at radius 3 is 2.67 bits per heavy atom. The zero-order valence-corrected chi connectivity index (χ0v) is 11.6. The van der Waals surface area contributed by atoms with Crippen LogP contribution in [0.15, 0.2) is 36.4 Å². The molecule has 0 aromatic heterocycles. The molecule has 108 valence electrons. The number of carbonyl (C=O) groups is 1. The van der Waals surface area contributed by atoms with Crippen LogP contribution in [0.1, 0.15) is 15.9 Å². The van der Waals surface area contributed by atoms with Crippen LogP contribution < -0.4 is 4.74 Å². The molecule has 0 radical (unpaired) electrons. The minimum atomic E-state index is -1.19. The van der Waals surface area contributed by atoms with Gasteiger partial charge in [0, 0.05) is 6.07 Å². The lowest BCUT2D eigenvalue weighted by Gasteiger charge is -2.11. The van der Waals surface area contributed by atoms with Crippen molar-refractivity contribution < 1.29 is 19.6 Å². The molecule has 0 saturated heterocycles. The van der Waals surface area contributed by atoms with Crippen molar-refractivity contribution >= 4 is 23.3 Å². The van der Waals surface area contributed by atoms with Crippen molar-refractivity contribution in [2.75, 3.05) is 0 Å². The summed E-state index contributed by atoms with van der Waals surface area (Å²) in [6, 6.07) is 8.54. The first-order chi connectivity index (χ1) is 9.90. The van der Waals surface area contributed by atoms with Gasteiger partial charge >= 0.3 is 11.7 Å². The summed E-state index contributed by atoms with van der Waals surface area (Å²) in [5.74, 6) is -1.38. The van der Waals surface area contributed by atoms with E-state index in [1.54, 1.807) is 13.0 Å². The van der Waals surface area contributed by atoms with E-state index >= 15 is 0 Å². The number of hydrogen-bond donors (Lipinski definition) is 1. The molecule has 0 amide bonds. The predicted octanol–water partition coefficient (Wildman–Crippen LogP) is 4.05. The van der Waals surface area contributed by atoms with E-state index < -0.39 is 10.9 Å². The molecular weight excluding hydrogens is 298 g/mol. The molecule has 0 atom stereocenters. The lowest BCUT2D eigenvalue weighted by molar-refractivity contribution is -0.385. The summed E-state index contributed by atoms with van der Waals surface area (Å²) in [7, 11) is 0. The highest BCUT2D eigenvalue weighted by Gasteiger charge is 2.21. The van der Waals surface area contributed by atoms with E-state index in [2.05, 4.69) is 0 Å². The smallest absolute Gasteiger partial charge is 0.339 e. The van der Waals surface area contributed by atoms with Gasteiger partial charge in [0.15, 0.2) is 0 Å². The highest BCUT2D eigenvalue weighted by Crippen LogP contribution is 2.39. The van der Waals surface area contributed by atoms with Crippen LogP contribution >= 0.6 is 11.6 Å². The number of carboxylic acid groups (broad SMARTS) is 1. The fraction of sp³-hybridized carbons (Fsp3) is 0.0714. The quantitative estimate of drug-likeness (QED) is 0.680. The molecule has 0 aliphatic rings. The number of nitrogens with zero attached hydrogens (tertiary/aromatic N) is 1. The average molecular weight is 308 g/mol. The third-order valence-electron chi connectivity index (χ3n) is 2.72. The maximum atomic E-state index is 11.2. The van der Waals surface area contributed by atoms with E-state index in [9.17, 15) is 14.9 Å². The molecule has 0 heterocycles. The molecular formula is C14H10ClNO5. The average Bonchev–Trinajstić information content (AvgIpc) is 2.40. The van der Waals surface area contributed by atoms with Crippen molar-refractivity contribution in [1.82, 2.24) is 0 Å². The van der Waals surface area contributed by atoms with E-state index in [1.165, 1.54) is 30.3 Å². The van der Waals surface area contributed by atoms with E-state index in [0.29, 0.717) is 0 Å². The molecule has 6 nitrogen and oxygen atoms in total. The summed E-state index contributed by atoms with van der Waals surface area (Å²) in [6.45, 7) is 1.75. The summed E-state index contributed by atoms with van der Waals surface area (Å²) in [6.07, 6.45) is 0. The SMILES string of the molecule is Cc1ccc(C(=O)O)c(Oc2c(Cl)cccc2[N+](=O)[O-])c1. The third kappa shape index (κ3) is 3.11. The number of ether oxygens (including phenoxy) is 1. The Labute approximate surface area is 124 Å². The standard InChI is InChI=1S/C14H10ClNO5/c1-8-5-6-9(14(17)18)12(7-8)21-13-10(15)3-2-4-11(13)16(19)20/h2-7H,1H3,(H,17,18). The topological polar surface area (TPSA) is 89.7 Å². The minimum Gasteiger partial charge on any atom is -0.478 e. The van der Waals surface area contributed by atoms with Crippen LogP contribution in [0.25, 0.3) is 0 Å². The minimum absolute atomic E-state index is 0.00120. The molecule has 2 aromatic rings. The summed E-state index contributed by atoms with van der Waals surface area (Å²) in [5.41, 5.74) is 0.319. The number of para-hydroxylation sites is 1. The number of aromatic carboxylic acids is 1. The van der Waals surface area contributed by atoms with E-state index in [-0.39, 0.29) is 27.8 Å². The third-order valence-corrected chi connectivity index (χ3v) is 3.02. The number of benzene rings is 2. The number of carboxylic acids is 1. The highest BCUT2D eigenvalue weighted by molar-refractivity contribution is 6.32. The predicted molar refractivity (Wildman–Crippen MR) is 76.3 cm³/mol. The first kappa shape index (κ1) is 14.8.